The molecule has 0 amide bonds. The van der Waals surface area contributed by atoms with Gasteiger partial charge in [0.05, 0.1) is 13.2 Å². The lowest BCUT2D eigenvalue weighted by atomic mass is 10.0. The maximum Gasteiger partial charge on any atom is 0.306 e. The van der Waals surface area contributed by atoms with E-state index in [-0.39, 0.29) is 37.1 Å². The lowest BCUT2D eigenvalue weighted by molar-refractivity contribution is -0.157. The molecule has 0 unspecified atom stereocenters. The molecule has 0 aromatic rings. The Balaban J connectivity index is -0.0000000593. The van der Waals surface area contributed by atoms with Crippen LogP contribution in [0.5, 0.6) is 0 Å². The van der Waals surface area contributed by atoms with Crippen LogP contribution in [0.15, 0.2) is 0 Å². The summed E-state index contributed by atoms with van der Waals surface area (Å²) in [4.78, 5) is 22.1. The molecule has 0 radical (unpaired) electrons. The molecule has 240 valence electrons. The first kappa shape index (κ1) is 39.9. The lowest BCUT2D eigenvalue weighted by Crippen LogP contribution is -2.27. The summed E-state index contributed by atoms with van der Waals surface area (Å²) in [6, 6.07) is 0. The fourth-order valence-electron chi connectivity index (χ4n) is 3.10. The molecular weight excluding hydrogens is 536 g/mol. The second-order valence-corrected chi connectivity index (χ2v) is 9.61. The van der Waals surface area contributed by atoms with E-state index >= 15 is 0 Å². The second-order valence-electron chi connectivity index (χ2n) is 8.63. The van der Waals surface area contributed by atoms with Gasteiger partial charge in [-0.05, 0) is 77.8 Å². The predicted molar refractivity (Wildman–Crippen MR) is 185 cm³/mol. The third-order valence-corrected chi connectivity index (χ3v) is 5.56. The zero-order chi connectivity index (χ0) is 30.7. The summed E-state index contributed by atoms with van der Waals surface area (Å²) in [7, 11) is 0. The summed E-state index contributed by atoms with van der Waals surface area (Å²) >= 11 is 0.901. The SMILES string of the molecule is CC#CC#CC#CC#CC#CC#CSC(C)=O.CCCCCCCCCCCCCCC(=O)O[C@H](CO)COCO.[HH].[HH].[HH].[HH].[HH].[HH].[HH].[HH].[HH]. The van der Waals surface area contributed by atoms with Crippen LogP contribution >= 0.6 is 11.8 Å². The number of esters is 1. The molecule has 0 heterocycles. The van der Waals surface area contributed by atoms with Gasteiger partial charge >= 0.3 is 5.97 Å². The van der Waals surface area contributed by atoms with Gasteiger partial charge in [-0.2, -0.15) is 0 Å². The Kier molecular flexibility index (Phi) is 33.8. The molecule has 0 rings (SSSR count). The summed E-state index contributed by atoms with van der Waals surface area (Å²) in [6.07, 6.45) is 14.8. The molecule has 0 aromatic heterocycles. The van der Waals surface area contributed by atoms with Crippen LogP contribution in [-0.4, -0.2) is 47.4 Å². The normalized spacial score (nSPS) is 9.29. The van der Waals surface area contributed by atoms with Crippen molar-refractivity contribution in [1.82, 2.24) is 0 Å². The minimum atomic E-state index is -0.679. The van der Waals surface area contributed by atoms with Crippen molar-refractivity contribution in [3.63, 3.8) is 0 Å². The Labute approximate surface area is 265 Å². The molecule has 0 aromatic carbocycles. The van der Waals surface area contributed by atoms with Gasteiger partial charge in [-0.15, -0.1) is 0 Å². The highest BCUT2D eigenvalue weighted by Crippen LogP contribution is 2.12. The third-order valence-electron chi connectivity index (χ3n) is 5.06. The zero-order valence-corrected chi connectivity index (χ0v) is 25.6. The molecule has 0 aliphatic carbocycles. The van der Waals surface area contributed by atoms with Crippen LogP contribution in [0.3, 0.4) is 0 Å². The fourth-order valence-corrected chi connectivity index (χ4v) is 3.34. The summed E-state index contributed by atoms with van der Waals surface area (Å²) in [5, 5.41) is 20.0. The van der Waals surface area contributed by atoms with Gasteiger partial charge in [0.1, 0.15) is 12.9 Å². The fraction of sp³-hybridized carbons (Fsp3) is 0.588. The van der Waals surface area contributed by atoms with Crippen molar-refractivity contribution in [3.8, 4) is 70.4 Å². The van der Waals surface area contributed by atoms with Gasteiger partial charge < -0.3 is 19.7 Å². The first-order valence-electron chi connectivity index (χ1n) is 14.1. The van der Waals surface area contributed by atoms with E-state index in [2.05, 4.69) is 77.3 Å². The first-order valence-corrected chi connectivity index (χ1v) is 14.9. The Morgan fingerprint density at radius 3 is 1.63 bits per heavy atom. The third kappa shape index (κ3) is 36.7. The average Bonchev–Trinajstić information content (AvgIpc) is 2.96. The highest BCUT2D eigenvalue weighted by atomic mass is 32.2. The number of unbranched alkanes of at least 4 members (excludes halogenated alkanes) is 11. The van der Waals surface area contributed by atoms with Crippen LogP contribution in [0.2, 0.25) is 0 Å². The Bertz CT molecular complexity index is 1110. The standard InChI is InChI=1S/C19H38O5.C15H6OS.9H2/c1-2-3-4-5-6-7-8-9-10-11-12-13-14-19(22)24-18(15-20)16-23-17-21;1-3-4-5-6-7-8-9-10-11-12-13-14-17-15(2)16;;;;;;;;;/h18,20-21H,2-17H2,1H3;1-2H3;9*1H/t18-;;;;;;;;;;/m1........../s1. The predicted octanol–water partition coefficient (Wildman–Crippen LogP) is 7.43. The molecule has 0 fully saturated rings. The van der Waals surface area contributed by atoms with Crippen molar-refractivity contribution in [1.29, 1.82) is 0 Å². The molecule has 7 heteroatoms. The molecule has 6 nitrogen and oxygen atoms in total. The monoisotopic (exact) mass is 598 g/mol. The number of carbonyl (C=O) groups excluding carboxylic acids is 2. The number of hydrogen-bond donors (Lipinski definition) is 2. The van der Waals surface area contributed by atoms with Crippen molar-refractivity contribution in [2.24, 2.45) is 0 Å². The van der Waals surface area contributed by atoms with Gasteiger partial charge in [0.2, 0.25) is 0 Å². The maximum absolute atomic E-state index is 11.6. The van der Waals surface area contributed by atoms with E-state index in [4.69, 9.17) is 19.7 Å². The highest BCUT2D eigenvalue weighted by molar-refractivity contribution is 8.17. The first-order chi connectivity index (χ1) is 20.0. The van der Waals surface area contributed by atoms with Crippen LogP contribution in [0, 0.1) is 70.4 Å². The van der Waals surface area contributed by atoms with Crippen molar-refractivity contribution in [2.75, 3.05) is 20.0 Å². The summed E-state index contributed by atoms with van der Waals surface area (Å²) in [5.74, 6) is 27.2. The summed E-state index contributed by atoms with van der Waals surface area (Å²) < 4.78 is 9.80. The van der Waals surface area contributed by atoms with Crippen LogP contribution in [0.1, 0.15) is 117 Å². The van der Waals surface area contributed by atoms with E-state index in [0.29, 0.717) is 6.42 Å². The van der Waals surface area contributed by atoms with Crippen LogP contribution in [0.4, 0.5) is 0 Å². The van der Waals surface area contributed by atoms with E-state index in [1.807, 2.05) is 0 Å². The molecule has 0 spiro atoms. The number of carbonyl (C=O) groups is 2. The van der Waals surface area contributed by atoms with Crippen LogP contribution in [-0.2, 0) is 19.1 Å². The molecule has 2 N–H and O–H groups in total. The topological polar surface area (TPSA) is 93.1 Å². The highest BCUT2D eigenvalue weighted by Gasteiger charge is 2.13. The van der Waals surface area contributed by atoms with E-state index in [0.717, 1.165) is 24.6 Å². The quantitative estimate of drug-likeness (QED) is 0.0734. The Morgan fingerprint density at radius 1 is 0.732 bits per heavy atom. The van der Waals surface area contributed by atoms with Gasteiger partial charge in [0.25, 0.3) is 0 Å². The molecule has 0 bridgehead atoms. The largest absolute Gasteiger partial charge is 0.457 e. The Morgan fingerprint density at radius 2 is 1.20 bits per heavy atom. The number of thioether (sulfide) groups is 1. The molecule has 0 saturated carbocycles. The molecule has 0 saturated heterocycles. The second kappa shape index (κ2) is 34.8. The molecule has 1 atom stereocenters. The van der Waals surface area contributed by atoms with Gasteiger partial charge in [0.15, 0.2) is 5.12 Å². The molecule has 0 aliphatic rings. The number of rotatable bonds is 18. The van der Waals surface area contributed by atoms with Crippen LogP contribution in [0.25, 0.3) is 0 Å². The van der Waals surface area contributed by atoms with E-state index in [9.17, 15) is 9.59 Å². The van der Waals surface area contributed by atoms with Gasteiger partial charge in [-0.25, -0.2) is 0 Å². The van der Waals surface area contributed by atoms with Crippen molar-refractivity contribution >= 4 is 22.8 Å². The van der Waals surface area contributed by atoms with Gasteiger partial charge in [0, 0.05) is 37.9 Å². The molecular formula is C34H62O6S. The van der Waals surface area contributed by atoms with Gasteiger partial charge in [-0.1, -0.05) is 83.5 Å². The van der Waals surface area contributed by atoms with Crippen molar-refractivity contribution < 1.29 is 42.1 Å². The Hall–Kier alpha value is -3.27. The zero-order valence-electron chi connectivity index (χ0n) is 24.8. The van der Waals surface area contributed by atoms with Crippen molar-refractivity contribution in [3.05, 3.63) is 0 Å². The van der Waals surface area contributed by atoms with Gasteiger partial charge in [-0.3, -0.25) is 9.59 Å². The molecule has 41 heavy (non-hydrogen) atoms. The van der Waals surface area contributed by atoms with E-state index in [1.54, 1.807) is 6.92 Å². The number of ether oxygens (including phenoxy) is 2. The number of aliphatic hydroxyl groups is 2. The minimum Gasteiger partial charge on any atom is -0.457 e. The molecule has 0 aliphatic heterocycles. The van der Waals surface area contributed by atoms with Crippen molar-refractivity contribution in [2.45, 2.75) is 110 Å². The smallest absolute Gasteiger partial charge is 0.306 e. The summed E-state index contributed by atoms with van der Waals surface area (Å²) in [6.45, 7) is 4.68. The number of hydrogen-bond acceptors (Lipinski definition) is 7. The average molecular weight is 599 g/mol. The van der Waals surface area contributed by atoms with E-state index in [1.165, 1.54) is 71.1 Å². The summed E-state index contributed by atoms with van der Waals surface area (Å²) in [5.41, 5.74) is 0. The van der Waals surface area contributed by atoms with Crippen LogP contribution < -0.4 is 0 Å². The maximum atomic E-state index is 11.6. The van der Waals surface area contributed by atoms with E-state index < -0.39 is 12.9 Å². The minimum absolute atomic E-state index is 0. The lowest BCUT2D eigenvalue weighted by Gasteiger charge is -2.14. The number of aliphatic hydroxyl groups excluding tert-OH is 2.